The van der Waals surface area contributed by atoms with Crippen molar-refractivity contribution in [3.8, 4) is 5.75 Å². The Hall–Kier alpha value is -2.21. The fraction of sp³-hybridized carbons (Fsp3) is 0.438. The number of furan rings is 1. The van der Waals surface area contributed by atoms with E-state index in [1.807, 2.05) is 19.9 Å². The number of hydrogen-bond donors (Lipinski definition) is 1. The maximum absolute atomic E-state index is 11.2. The molecule has 0 aliphatic carbocycles. The van der Waals surface area contributed by atoms with Crippen molar-refractivity contribution in [1.82, 2.24) is 0 Å². The summed E-state index contributed by atoms with van der Waals surface area (Å²) >= 11 is 0. The highest BCUT2D eigenvalue weighted by atomic mass is 16.5. The van der Waals surface area contributed by atoms with Crippen molar-refractivity contribution in [2.24, 2.45) is 0 Å². The number of aromatic carboxylic acids is 1. The SMILES string of the molecule is CC(C)Oc1cc(N2CCOCC2)c2cc(C(=O)O)oc2c1. The van der Waals surface area contributed by atoms with E-state index in [9.17, 15) is 4.79 Å². The molecule has 3 rings (SSSR count). The van der Waals surface area contributed by atoms with Gasteiger partial charge >= 0.3 is 5.97 Å². The zero-order valence-electron chi connectivity index (χ0n) is 12.7. The molecule has 1 fully saturated rings. The highest BCUT2D eigenvalue weighted by Gasteiger charge is 2.20. The van der Waals surface area contributed by atoms with Crippen molar-refractivity contribution >= 4 is 22.6 Å². The maximum Gasteiger partial charge on any atom is 0.371 e. The molecule has 0 radical (unpaired) electrons. The van der Waals surface area contributed by atoms with Gasteiger partial charge in [-0.15, -0.1) is 0 Å². The summed E-state index contributed by atoms with van der Waals surface area (Å²) in [6.07, 6.45) is 0.0314. The molecule has 6 heteroatoms. The van der Waals surface area contributed by atoms with Crippen LogP contribution in [0.25, 0.3) is 11.0 Å². The van der Waals surface area contributed by atoms with Crippen LogP contribution in [0.4, 0.5) is 5.69 Å². The number of fused-ring (bicyclic) bond motifs is 1. The first-order valence-electron chi connectivity index (χ1n) is 7.35. The minimum Gasteiger partial charge on any atom is -0.491 e. The minimum absolute atomic E-state index is 0.0314. The Bertz CT molecular complexity index is 685. The monoisotopic (exact) mass is 305 g/mol. The summed E-state index contributed by atoms with van der Waals surface area (Å²) in [5.74, 6) is -0.461. The van der Waals surface area contributed by atoms with E-state index in [1.54, 1.807) is 12.1 Å². The molecular weight excluding hydrogens is 286 g/mol. The molecule has 1 N–H and O–H groups in total. The van der Waals surface area contributed by atoms with Crippen LogP contribution in [0, 0.1) is 0 Å². The summed E-state index contributed by atoms with van der Waals surface area (Å²) in [7, 11) is 0. The van der Waals surface area contributed by atoms with E-state index >= 15 is 0 Å². The fourth-order valence-electron chi connectivity index (χ4n) is 2.61. The maximum atomic E-state index is 11.2. The van der Waals surface area contributed by atoms with Gasteiger partial charge in [0, 0.05) is 36.7 Å². The van der Waals surface area contributed by atoms with Crippen molar-refractivity contribution < 1.29 is 23.8 Å². The number of carboxylic acids is 1. The fourth-order valence-corrected chi connectivity index (χ4v) is 2.61. The standard InChI is InChI=1S/C16H19NO5/c1-10(2)21-11-7-13(17-3-5-20-6-4-17)12-9-15(16(18)19)22-14(12)8-11/h7-10H,3-6H2,1-2H3,(H,18,19). The molecule has 6 nitrogen and oxygen atoms in total. The van der Waals surface area contributed by atoms with Gasteiger partial charge < -0.3 is 23.9 Å². The van der Waals surface area contributed by atoms with Gasteiger partial charge in [-0.3, -0.25) is 0 Å². The van der Waals surface area contributed by atoms with Gasteiger partial charge in [-0.2, -0.15) is 0 Å². The highest BCUT2D eigenvalue weighted by molar-refractivity contribution is 5.98. The van der Waals surface area contributed by atoms with E-state index in [2.05, 4.69) is 4.90 Å². The lowest BCUT2D eigenvalue weighted by Gasteiger charge is -2.29. The van der Waals surface area contributed by atoms with Crippen LogP contribution in [0.1, 0.15) is 24.4 Å². The highest BCUT2D eigenvalue weighted by Crippen LogP contribution is 2.35. The van der Waals surface area contributed by atoms with Crippen LogP contribution in [-0.4, -0.2) is 43.5 Å². The second-order valence-electron chi connectivity index (χ2n) is 5.54. The molecule has 2 heterocycles. The summed E-state index contributed by atoms with van der Waals surface area (Å²) in [6, 6.07) is 5.25. The average Bonchev–Trinajstić information content (AvgIpc) is 2.91. The Morgan fingerprint density at radius 3 is 2.64 bits per heavy atom. The van der Waals surface area contributed by atoms with Crippen LogP contribution in [0.3, 0.4) is 0 Å². The number of rotatable bonds is 4. The zero-order valence-corrected chi connectivity index (χ0v) is 12.7. The summed E-state index contributed by atoms with van der Waals surface area (Å²) in [4.78, 5) is 13.3. The van der Waals surface area contributed by atoms with Crippen molar-refractivity contribution in [1.29, 1.82) is 0 Å². The second-order valence-corrected chi connectivity index (χ2v) is 5.54. The number of carboxylic acid groups (broad SMARTS) is 1. The van der Waals surface area contributed by atoms with E-state index in [0.717, 1.165) is 24.2 Å². The van der Waals surface area contributed by atoms with E-state index < -0.39 is 5.97 Å². The molecule has 118 valence electrons. The third-order valence-corrected chi connectivity index (χ3v) is 3.52. The number of ether oxygens (including phenoxy) is 2. The first-order chi connectivity index (χ1) is 10.5. The van der Waals surface area contributed by atoms with Crippen LogP contribution >= 0.6 is 0 Å². The quantitative estimate of drug-likeness (QED) is 0.936. The second kappa shape index (κ2) is 5.88. The van der Waals surface area contributed by atoms with E-state index in [4.69, 9.17) is 19.0 Å². The molecule has 0 unspecified atom stereocenters. The molecule has 0 amide bonds. The predicted molar refractivity (Wildman–Crippen MR) is 82.0 cm³/mol. The van der Waals surface area contributed by atoms with Gasteiger partial charge in [0.25, 0.3) is 0 Å². The van der Waals surface area contributed by atoms with Gasteiger partial charge in [0.2, 0.25) is 5.76 Å². The van der Waals surface area contributed by atoms with Crippen LogP contribution in [0.5, 0.6) is 5.75 Å². The molecule has 0 bridgehead atoms. The Kier molecular flexibility index (Phi) is 3.94. The normalized spacial score (nSPS) is 15.5. The van der Waals surface area contributed by atoms with E-state index in [0.29, 0.717) is 24.5 Å². The number of carbonyl (C=O) groups is 1. The van der Waals surface area contributed by atoms with E-state index in [-0.39, 0.29) is 11.9 Å². The molecule has 1 aromatic carbocycles. The number of benzene rings is 1. The summed E-state index contributed by atoms with van der Waals surface area (Å²) in [5, 5.41) is 9.93. The number of nitrogens with zero attached hydrogens (tertiary/aromatic N) is 1. The molecular formula is C16H19NO5. The summed E-state index contributed by atoms with van der Waals surface area (Å²) in [6.45, 7) is 6.72. The smallest absolute Gasteiger partial charge is 0.371 e. The Labute approximate surface area is 128 Å². The van der Waals surface area contributed by atoms with Crippen LogP contribution in [-0.2, 0) is 4.74 Å². The predicted octanol–water partition coefficient (Wildman–Crippen LogP) is 2.75. The van der Waals surface area contributed by atoms with Gasteiger partial charge in [-0.1, -0.05) is 0 Å². The number of morpholine rings is 1. The largest absolute Gasteiger partial charge is 0.491 e. The third-order valence-electron chi connectivity index (χ3n) is 3.52. The first kappa shape index (κ1) is 14.7. The third kappa shape index (κ3) is 2.87. The van der Waals surface area contributed by atoms with Gasteiger partial charge in [-0.05, 0) is 13.8 Å². The van der Waals surface area contributed by atoms with Gasteiger partial charge in [-0.25, -0.2) is 4.79 Å². The molecule has 1 aliphatic rings. The van der Waals surface area contributed by atoms with Crippen LogP contribution < -0.4 is 9.64 Å². The lowest BCUT2D eigenvalue weighted by molar-refractivity contribution is 0.0665. The molecule has 0 spiro atoms. The Morgan fingerprint density at radius 1 is 1.27 bits per heavy atom. The molecule has 0 saturated carbocycles. The van der Waals surface area contributed by atoms with Crippen molar-refractivity contribution in [3.63, 3.8) is 0 Å². The lowest BCUT2D eigenvalue weighted by atomic mass is 10.1. The zero-order chi connectivity index (χ0) is 15.7. The Morgan fingerprint density at radius 2 is 2.00 bits per heavy atom. The molecule has 22 heavy (non-hydrogen) atoms. The summed E-state index contributed by atoms with van der Waals surface area (Å²) in [5.41, 5.74) is 1.45. The van der Waals surface area contributed by atoms with Crippen molar-refractivity contribution in [2.75, 3.05) is 31.2 Å². The van der Waals surface area contributed by atoms with Crippen molar-refractivity contribution in [3.05, 3.63) is 24.0 Å². The molecule has 1 saturated heterocycles. The lowest BCUT2D eigenvalue weighted by Crippen LogP contribution is -2.36. The van der Waals surface area contributed by atoms with Crippen LogP contribution in [0.2, 0.25) is 0 Å². The van der Waals surface area contributed by atoms with Gasteiger partial charge in [0.1, 0.15) is 11.3 Å². The molecule has 2 aromatic rings. The topological polar surface area (TPSA) is 72.1 Å². The number of hydrogen-bond acceptors (Lipinski definition) is 5. The number of anilines is 1. The molecule has 0 atom stereocenters. The average molecular weight is 305 g/mol. The van der Waals surface area contributed by atoms with Gasteiger partial charge in [0.05, 0.1) is 25.0 Å². The minimum atomic E-state index is -1.07. The van der Waals surface area contributed by atoms with Crippen molar-refractivity contribution in [2.45, 2.75) is 20.0 Å². The Balaban J connectivity index is 2.10. The molecule has 1 aliphatic heterocycles. The molecule has 1 aromatic heterocycles. The van der Waals surface area contributed by atoms with E-state index in [1.165, 1.54) is 0 Å². The first-order valence-corrected chi connectivity index (χ1v) is 7.35. The van der Waals surface area contributed by atoms with Gasteiger partial charge in [0.15, 0.2) is 0 Å². The summed E-state index contributed by atoms with van der Waals surface area (Å²) < 4.78 is 16.6. The van der Waals surface area contributed by atoms with Crippen LogP contribution in [0.15, 0.2) is 22.6 Å².